The Labute approximate surface area is 105 Å². The van der Waals surface area contributed by atoms with Crippen LogP contribution in [0.3, 0.4) is 0 Å². The number of nitrogens with one attached hydrogen (secondary N) is 2. The molecule has 96 valence electrons. The van der Waals surface area contributed by atoms with Crippen molar-refractivity contribution in [3.8, 4) is 0 Å². The number of amides is 1. The Kier molecular flexibility index (Phi) is 5.76. The van der Waals surface area contributed by atoms with E-state index in [9.17, 15) is 4.79 Å². The molecule has 1 rings (SSSR count). The van der Waals surface area contributed by atoms with Crippen molar-refractivity contribution in [3.05, 3.63) is 5.89 Å². The number of halogens is 1. The van der Waals surface area contributed by atoms with Crippen LogP contribution in [-0.2, 0) is 4.79 Å². The van der Waals surface area contributed by atoms with Crippen molar-refractivity contribution in [2.24, 2.45) is 0 Å². The van der Waals surface area contributed by atoms with Crippen LogP contribution in [0.15, 0.2) is 4.42 Å². The highest BCUT2D eigenvalue weighted by Crippen LogP contribution is 2.18. The summed E-state index contributed by atoms with van der Waals surface area (Å²) in [5, 5.41) is 12.8. The molecule has 0 saturated heterocycles. The first-order chi connectivity index (χ1) is 8.13. The molecule has 1 atom stereocenters. The number of anilines is 1. The van der Waals surface area contributed by atoms with E-state index in [4.69, 9.17) is 16.0 Å². The van der Waals surface area contributed by atoms with Crippen molar-refractivity contribution in [2.75, 3.05) is 18.4 Å². The van der Waals surface area contributed by atoms with Gasteiger partial charge in [-0.1, -0.05) is 12.0 Å². The van der Waals surface area contributed by atoms with Crippen LogP contribution in [0.25, 0.3) is 0 Å². The van der Waals surface area contributed by atoms with E-state index >= 15 is 0 Å². The molecule has 6 nitrogen and oxygen atoms in total. The van der Waals surface area contributed by atoms with Gasteiger partial charge in [-0.3, -0.25) is 4.79 Å². The van der Waals surface area contributed by atoms with Crippen molar-refractivity contribution in [1.29, 1.82) is 0 Å². The predicted molar refractivity (Wildman–Crippen MR) is 65.0 cm³/mol. The summed E-state index contributed by atoms with van der Waals surface area (Å²) in [4.78, 5) is 11.3. The molecule has 0 aliphatic rings. The second-order valence-corrected chi connectivity index (χ2v) is 4.24. The second kappa shape index (κ2) is 7.11. The van der Waals surface area contributed by atoms with Crippen LogP contribution in [0.5, 0.6) is 0 Å². The predicted octanol–water partition coefficient (Wildman–Crippen LogP) is 1.70. The van der Waals surface area contributed by atoms with E-state index in [-0.39, 0.29) is 17.3 Å². The summed E-state index contributed by atoms with van der Waals surface area (Å²) in [6.07, 6.45) is 1.30. The minimum atomic E-state index is -0.314. The maximum absolute atomic E-state index is 11.3. The monoisotopic (exact) mass is 260 g/mol. The van der Waals surface area contributed by atoms with Crippen molar-refractivity contribution < 1.29 is 9.21 Å². The fourth-order valence-electron chi connectivity index (χ4n) is 1.10. The first kappa shape index (κ1) is 13.8. The lowest BCUT2D eigenvalue weighted by molar-refractivity contribution is -0.120. The van der Waals surface area contributed by atoms with Crippen LogP contribution < -0.4 is 10.6 Å². The first-order valence-electron chi connectivity index (χ1n) is 5.61. The van der Waals surface area contributed by atoms with Crippen LogP contribution in [0.1, 0.15) is 38.0 Å². The molecule has 2 N–H and O–H groups in total. The van der Waals surface area contributed by atoms with Gasteiger partial charge in [0.15, 0.2) is 0 Å². The number of carbonyl (C=O) groups is 1. The maximum atomic E-state index is 11.3. The molecule has 0 saturated carbocycles. The van der Waals surface area contributed by atoms with Gasteiger partial charge in [0, 0.05) is 19.5 Å². The highest BCUT2D eigenvalue weighted by Gasteiger charge is 2.10. The topological polar surface area (TPSA) is 80.0 Å². The van der Waals surface area contributed by atoms with E-state index in [1.54, 1.807) is 6.92 Å². The number of hydrogen-bond acceptors (Lipinski definition) is 5. The van der Waals surface area contributed by atoms with E-state index in [0.29, 0.717) is 25.4 Å². The number of aromatic nitrogens is 2. The molecule has 0 bridgehead atoms. The standard InChI is InChI=1S/C10H17ClN4O2/c1-3-5-12-8(16)4-6-13-10-15-14-9(17-10)7(2)11/h7H,3-6H2,1-2H3,(H,12,16)(H,13,15). The number of carbonyl (C=O) groups excluding carboxylic acids is 1. The lowest BCUT2D eigenvalue weighted by atomic mass is 10.4. The molecule has 0 radical (unpaired) electrons. The average molecular weight is 261 g/mol. The zero-order valence-electron chi connectivity index (χ0n) is 9.99. The molecule has 1 amide bonds. The van der Waals surface area contributed by atoms with Gasteiger partial charge in [-0.15, -0.1) is 16.7 Å². The minimum Gasteiger partial charge on any atom is -0.407 e. The fourth-order valence-corrected chi connectivity index (χ4v) is 1.19. The van der Waals surface area contributed by atoms with E-state index in [0.717, 1.165) is 6.42 Å². The van der Waals surface area contributed by atoms with E-state index in [1.165, 1.54) is 0 Å². The molecule has 1 unspecified atom stereocenters. The van der Waals surface area contributed by atoms with Gasteiger partial charge >= 0.3 is 6.01 Å². The van der Waals surface area contributed by atoms with Gasteiger partial charge in [-0.05, 0) is 13.3 Å². The summed E-state index contributed by atoms with van der Waals surface area (Å²) < 4.78 is 5.21. The first-order valence-corrected chi connectivity index (χ1v) is 6.05. The molecule has 0 fully saturated rings. The molecular weight excluding hydrogens is 244 g/mol. The van der Waals surface area contributed by atoms with Crippen LogP contribution >= 0.6 is 11.6 Å². The fraction of sp³-hybridized carbons (Fsp3) is 0.700. The molecule has 0 aliphatic heterocycles. The van der Waals surface area contributed by atoms with Crippen molar-refractivity contribution in [2.45, 2.75) is 32.1 Å². The average Bonchev–Trinajstić information content (AvgIpc) is 2.75. The van der Waals surface area contributed by atoms with E-state index < -0.39 is 0 Å². The molecule has 1 aromatic rings. The Balaban J connectivity index is 2.23. The largest absolute Gasteiger partial charge is 0.407 e. The number of rotatable bonds is 7. The molecule has 7 heteroatoms. The zero-order valence-corrected chi connectivity index (χ0v) is 10.8. The van der Waals surface area contributed by atoms with E-state index in [1.807, 2.05) is 6.92 Å². The number of alkyl halides is 1. The van der Waals surface area contributed by atoms with Crippen LogP contribution in [-0.4, -0.2) is 29.2 Å². The third-order valence-electron chi connectivity index (χ3n) is 1.98. The Morgan fingerprint density at radius 3 is 2.82 bits per heavy atom. The van der Waals surface area contributed by atoms with Crippen LogP contribution in [0, 0.1) is 0 Å². The van der Waals surface area contributed by atoms with Gasteiger partial charge in [0.2, 0.25) is 11.8 Å². The zero-order chi connectivity index (χ0) is 12.7. The number of nitrogens with zero attached hydrogens (tertiary/aromatic N) is 2. The lowest BCUT2D eigenvalue weighted by Crippen LogP contribution is -2.25. The molecule has 17 heavy (non-hydrogen) atoms. The van der Waals surface area contributed by atoms with Gasteiger partial charge in [-0.2, -0.15) is 0 Å². The highest BCUT2D eigenvalue weighted by atomic mass is 35.5. The third kappa shape index (κ3) is 5.04. The molecule has 0 aromatic carbocycles. The van der Waals surface area contributed by atoms with Crippen molar-refractivity contribution in [3.63, 3.8) is 0 Å². The van der Waals surface area contributed by atoms with Crippen molar-refractivity contribution in [1.82, 2.24) is 15.5 Å². The SMILES string of the molecule is CCCNC(=O)CCNc1nnc(C(C)Cl)o1. The quantitative estimate of drug-likeness (QED) is 0.730. The van der Waals surface area contributed by atoms with Crippen LogP contribution in [0.4, 0.5) is 6.01 Å². The normalized spacial score (nSPS) is 12.2. The Morgan fingerprint density at radius 2 is 2.24 bits per heavy atom. The Hall–Kier alpha value is -1.30. The lowest BCUT2D eigenvalue weighted by Gasteiger charge is -2.03. The van der Waals surface area contributed by atoms with Gasteiger partial charge in [0.05, 0.1) is 0 Å². The third-order valence-corrected chi connectivity index (χ3v) is 2.17. The van der Waals surface area contributed by atoms with E-state index in [2.05, 4.69) is 20.8 Å². The second-order valence-electron chi connectivity index (χ2n) is 3.59. The van der Waals surface area contributed by atoms with Crippen LogP contribution in [0.2, 0.25) is 0 Å². The van der Waals surface area contributed by atoms with Gasteiger partial charge in [0.25, 0.3) is 0 Å². The summed E-state index contributed by atoms with van der Waals surface area (Å²) in [5.41, 5.74) is 0. The van der Waals surface area contributed by atoms with Gasteiger partial charge in [-0.25, -0.2) is 0 Å². The molecule has 0 spiro atoms. The Bertz CT molecular complexity index is 354. The molecular formula is C10H17ClN4O2. The van der Waals surface area contributed by atoms with Crippen molar-refractivity contribution >= 4 is 23.5 Å². The smallest absolute Gasteiger partial charge is 0.315 e. The molecule has 1 aromatic heterocycles. The number of hydrogen-bond donors (Lipinski definition) is 2. The summed E-state index contributed by atoms with van der Waals surface area (Å²) in [6, 6.07) is 0.288. The molecule has 0 aliphatic carbocycles. The summed E-state index contributed by atoms with van der Waals surface area (Å²) in [7, 11) is 0. The summed E-state index contributed by atoms with van der Waals surface area (Å²) >= 11 is 5.77. The maximum Gasteiger partial charge on any atom is 0.315 e. The highest BCUT2D eigenvalue weighted by molar-refractivity contribution is 6.20. The molecule has 1 heterocycles. The van der Waals surface area contributed by atoms with Gasteiger partial charge < -0.3 is 15.1 Å². The summed E-state index contributed by atoms with van der Waals surface area (Å²) in [5.74, 6) is 0.370. The Morgan fingerprint density at radius 1 is 1.47 bits per heavy atom. The summed E-state index contributed by atoms with van der Waals surface area (Å²) in [6.45, 7) is 4.91. The van der Waals surface area contributed by atoms with Gasteiger partial charge in [0.1, 0.15) is 5.38 Å². The minimum absolute atomic E-state index is 0.00444.